The Balaban J connectivity index is 2.51. The largest absolute Gasteiger partial charge is 0.314 e. The summed E-state index contributed by atoms with van der Waals surface area (Å²) in [4.78, 5) is 0. The standard InChI is InChI=1S/C16H22BrN/c1-3-5-6-10-16(18-11-4-2)13-14-8-7-9-15(17)12-14/h1,7-9,12,16,18H,4-6,10-11,13H2,2H3. The Hall–Kier alpha value is -0.780. The van der Waals surface area contributed by atoms with Crippen LogP contribution in [0.4, 0.5) is 0 Å². The molecule has 2 heteroatoms. The highest BCUT2D eigenvalue weighted by atomic mass is 79.9. The molecule has 98 valence electrons. The minimum absolute atomic E-state index is 0.535. The zero-order chi connectivity index (χ0) is 13.2. The number of benzene rings is 1. The Labute approximate surface area is 119 Å². The van der Waals surface area contributed by atoms with E-state index in [2.05, 4.69) is 58.4 Å². The van der Waals surface area contributed by atoms with E-state index >= 15 is 0 Å². The van der Waals surface area contributed by atoms with Gasteiger partial charge in [0, 0.05) is 16.9 Å². The lowest BCUT2D eigenvalue weighted by molar-refractivity contribution is 0.467. The van der Waals surface area contributed by atoms with Crippen LogP contribution in [0.5, 0.6) is 0 Å². The zero-order valence-electron chi connectivity index (χ0n) is 11.1. The molecule has 1 aromatic carbocycles. The molecule has 18 heavy (non-hydrogen) atoms. The third kappa shape index (κ3) is 6.23. The van der Waals surface area contributed by atoms with Crippen LogP contribution in [0.25, 0.3) is 0 Å². The van der Waals surface area contributed by atoms with Gasteiger partial charge in [0.2, 0.25) is 0 Å². The molecule has 0 amide bonds. The fourth-order valence-electron chi connectivity index (χ4n) is 2.02. The van der Waals surface area contributed by atoms with Gasteiger partial charge in [-0.1, -0.05) is 35.0 Å². The van der Waals surface area contributed by atoms with Gasteiger partial charge in [0.05, 0.1) is 0 Å². The SMILES string of the molecule is C#CCCCC(Cc1cccc(Br)c1)NCCC. The quantitative estimate of drug-likeness (QED) is 0.561. The van der Waals surface area contributed by atoms with Crippen molar-refractivity contribution in [1.82, 2.24) is 5.32 Å². The van der Waals surface area contributed by atoms with Crippen LogP contribution in [-0.2, 0) is 6.42 Å². The Morgan fingerprint density at radius 2 is 2.28 bits per heavy atom. The van der Waals surface area contributed by atoms with Crippen LogP contribution >= 0.6 is 15.9 Å². The van der Waals surface area contributed by atoms with E-state index in [1.54, 1.807) is 0 Å². The van der Waals surface area contributed by atoms with Crippen LogP contribution in [0.1, 0.15) is 38.2 Å². The Morgan fingerprint density at radius 3 is 2.94 bits per heavy atom. The lowest BCUT2D eigenvalue weighted by Crippen LogP contribution is -2.31. The number of nitrogens with one attached hydrogen (secondary N) is 1. The molecule has 0 bridgehead atoms. The molecule has 1 nitrogen and oxygen atoms in total. The third-order valence-corrected chi connectivity index (χ3v) is 3.42. The molecule has 1 rings (SSSR count). The number of halogens is 1. The number of hydrogen-bond donors (Lipinski definition) is 1. The Bertz CT molecular complexity index is 381. The monoisotopic (exact) mass is 307 g/mol. The summed E-state index contributed by atoms with van der Waals surface area (Å²) in [6, 6.07) is 9.08. The fraction of sp³-hybridized carbons (Fsp3) is 0.500. The second kappa shape index (κ2) is 9.19. The molecule has 0 saturated carbocycles. The molecule has 1 atom stereocenters. The van der Waals surface area contributed by atoms with Crippen LogP contribution in [-0.4, -0.2) is 12.6 Å². The second-order valence-electron chi connectivity index (χ2n) is 4.58. The molecular formula is C16H22BrN. The molecule has 0 saturated heterocycles. The van der Waals surface area contributed by atoms with Crippen LogP contribution < -0.4 is 5.32 Å². The van der Waals surface area contributed by atoms with Crippen molar-refractivity contribution >= 4 is 15.9 Å². The molecule has 0 aliphatic carbocycles. The molecule has 1 aromatic rings. The maximum Gasteiger partial charge on any atom is 0.0178 e. The summed E-state index contributed by atoms with van der Waals surface area (Å²) in [6.45, 7) is 3.28. The predicted molar refractivity (Wildman–Crippen MR) is 82.6 cm³/mol. The highest BCUT2D eigenvalue weighted by molar-refractivity contribution is 9.10. The van der Waals surface area contributed by atoms with Crippen molar-refractivity contribution in [2.75, 3.05) is 6.54 Å². The van der Waals surface area contributed by atoms with Crippen LogP contribution in [0.3, 0.4) is 0 Å². The molecule has 0 aliphatic rings. The lowest BCUT2D eigenvalue weighted by Gasteiger charge is -2.18. The summed E-state index contributed by atoms with van der Waals surface area (Å²) >= 11 is 3.52. The second-order valence-corrected chi connectivity index (χ2v) is 5.50. The predicted octanol–water partition coefficient (Wildman–Crippen LogP) is 4.16. The first-order chi connectivity index (χ1) is 8.76. The maximum absolute atomic E-state index is 5.31. The first kappa shape index (κ1) is 15.3. The molecule has 0 aromatic heterocycles. The topological polar surface area (TPSA) is 12.0 Å². The van der Waals surface area contributed by atoms with Gasteiger partial charge in [-0.3, -0.25) is 0 Å². The van der Waals surface area contributed by atoms with Crippen LogP contribution in [0.2, 0.25) is 0 Å². The van der Waals surface area contributed by atoms with Crippen molar-refractivity contribution in [2.24, 2.45) is 0 Å². The van der Waals surface area contributed by atoms with Crippen molar-refractivity contribution in [2.45, 2.75) is 45.1 Å². The lowest BCUT2D eigenvalue weighted by atomic mass is 10.0. The average Bonchev–Trinajstić information content (AvgIpc) is 2.36. The highest BCUT2D eigenvalue weighted by Crippen LogP contribution is 2.15. The van der Waals surface area contributed by atoms with Crippen LogP contribution in [0, 0.1) is 12.3 Å². The summed E-state index contributed by atoms with van der Waals surface area (Å²) in [5, 5.41) is 3.61. The molecular weight excluding hydrogens is 286 g/mol. The van der Waals surface area contributed by atoms with E-state index < -0.39 is 0 Å². The summed E-state index contributed by atoms with van der Waals surface area (Å²) in [7, 11) is 0. The van der Waals surface area contributed by atoms with Gasteiger partial charge in [-0.2, -0.15) is 0 Å². The molecule has 1 N–H and O–H groups in total. The summed E-state index contributed by atoms with van der Waals surface area (Å²) in [6.07, 6.45) is 10.7. The fourth-order valence-corrected chi connectivity index (χ4v) is 2.47. The van der Waals surface area contributed by atoms with Gasteiger partial charge in [0.15, 0.2) is 0 Å². The van der Waals surface area contributed by atoms with E-state index in [9.17, 15) is 0 Å². The van der Waals surface area contributed by atoms with E-state index in [-0.39, 0.29) is 0 Å². The first-order valence-electron chi connectivity index (χ1n) is 6.67. The van der Waals surface area contributed by atoms with Gasteiger partial charge >= 0.3 is 0 Å². The molecule has 0 spiro atoms. The molecule has 1 unspecified atom stereocenters. The average molecular weight is 308 g/mol. The van der Waals surface area contributed by atoms with Crippen molar-refractivity contribution in [3.63, 3.8) is 0 Å². The van der Waals surface area contributed by atoms with E-state index in [0.717, 1.165) is 36.7 Å². The minimum atomic E-state index is 0.535. The first-order valence-corrected chi connectivity index (χ1v) is 7.46. The normalized spacial score (nSPS) is 12.1. The van der Waals surface area contributed by atoms with Gasteiger partial charge in [-0.05, 0) is 49.9 Å². The van der Waals surface area contributed by atoms with Crippen LogP contribution in [0.15, 0.2) is 28.7 Å². The number of unbranched alkanes of at least 4 members (excludes halogenated alkanes) is 1. The van der Waals surface area contributed by atoms with Crippen molar-refractivity contribution < 1.29 is 0 Å². The summed E-state index contributed by atoms with van der Waals surface area (Å²) in [5.41, 5.74) is 1.37. The molecule has 0 aliphatic heterocycles. The highest BCUT2D eigenvalue weighted by Gasteiger charge is 2.08. The van der Waals surface area contributed by atoms with Crippen molar-refractivity contribution in [3.05, 3.63) is 34.3 Å². The van der Waals surface area contributed by atoms with Crippen molar-refractivity contribution in [1.29, 1.82) is 0 Å². The Morgan fingerprint density at radius 1 is 1.44 bits per heavy atom. The summed E-state index contributed by atoms with van der Waals surface area (Å²) in [5.74, 6) is 2.72. The third-order valence-electron chi connectivity index (χ3n) is 2.93. The van der Waals surface area contributed by atoms with E-state index in [1.807, 2.05) is 0 Å². The summed E-state index contributed by atoms with van der Waals surface area (Å²) < 4.78 is 1.15. The van der Waals surface area contributed by atoms with Gasteiger partial charge in [-0.25, -0.2) is 0 Å². The molecule has 0 heterocycles. The molecule has 0 radical (unpaired) electrons. The van der Waals surface area contributed by atoms with Gasteiger partial charge in [0.25, 0.3) is 0 Å². The van der Waals surface area contributed by atoms with E-state index in [1.165, 1.54) is 12.0 Å². The number of terminal acetylenes is 1. The smallest absolute Gasteiger partial charge is 0.0178 e. The number of rotatable bonds is 8. The van der Waals surface area contributed by atoms with Crippen molar-refractivity contribution in [3.8, 4) is 12.3 Å². The van der Waals surface area contributed by atoms with Gasteiger partial charge in [-0.15, -0.1) is 12.3 Å². The van der Waals surface area contributed by atoms with E-state index in [4.69, 9.17) is 6.42 Å². The minimum Gasteiger partial charge on any atom is -0.314 e. The van der Waals surface area contributed by atoms with E-state index in [0.29, 0.717) is 6.04 Å². The Kier molecular flexibility index (Phi) is 7.80. The van der Waals surface area contributed by atoms with Gasteiger partial charge in [0.1, 0.15) is 0 Å². The molecule has 0 fully saturated rings. The number of hydrogen-bond acceptors (Lipinski definition) is 1. The van der Waals surface area contributed by atoms with Gasteiger partial charge < -0.3 is 5.32 Å². The maximum atomic E-state index is 5.31. The zero-order valence-corrected chi connectivity index (χ0v) is 12.7.